The third-order valence-electron chi connectivity index (χ3n) is 3.93. The Morgan fingerprint density at radius 3 is 2.89 bits per heavy atom. The molecule has 1 fully saturated rings. The summed E-state index contributed by atoms with van der Waals surface area (Å²) in [6.07, 6.45) is 1.98. The minimum atomic E-state index is 0.0699. The smallest absolute Gasteiger partial charge is 0.229 e. The minimum Gasteiger partial charge on any atom is -0.344 e. The number of nitrogens with zero attached hydrogens (tertiary/aromatic N) is 2. The summed E-state index contributed by atoms with van der Waals surface area (Å²) in [5.74, 6) is 0.147. The van der Waals surface area contributed by atoms with Crippen molar-refractivity contribution in [1.29, 1.82) is 0 Å². The maximum absolute atomic E-state index is 12.2. The fourth-order valence-electron chi connectivity index (χ4n) is 2.43. The van der Waals surface area contributed by atoms with Gasteiger partial charge in [-0.2, -0.15) is 0 Å². The van der Waals surface area contributed by atoms with Crippen LogP contribution in [0.25, 0.3) is 0 Å². The molecule has 2 heterocycles. The van der Waals surface area contributed by atoms with E-state index in [0.717, 1.165) is 30.8 Å². The molecule has 0 aliphatic carbocycles. The first-order chi connectivity index (χ1) is 8.95. The maximum atomic E-state index is 12.2. The number of rotatable bonds is 4. The molecule has 1 aromatic rings. The first-order valence-electron chi connectivity index (χ1n) is 6.54. The molecule has 1 aromatic heterocycles. The van der Waals surface area contributed by atoms with Gasteiger partial charge in [0.15, 0.2) is 0 Å². The molecule has 6 heteroatoms. The Balaban J connectivity index is 1.89. The number of aryl methyl sites for hydroxylation is 1. The number of nitrogens with two attached hydrogens (primary N) is 1. The molecule has 2 N–H and O–H groups in total. The fraction of sp³-hybridized carbons (Fsp3) is 0.692. The lowest BCUT2D eigenvalue weighted by Crippen LogP contribution is -2.34. The predicted molar refractivity (Wildman–Crippen MR) is 72.9 cm³/mol. The summed E-state index contributed by atoms with van der Waals surface area (Å²) >= 11 is 5.89. The van der Waals surface area contributed by atoms with Crippen LogP contribution < -0.4 is 5.73 Å². The predicted octanol–water partition coefficient (Wildman–Crippen LogP) is 1.77. The van der Waals surface area contributed by atoms with Gasteiger partial charge in [0.25, 0.3) is 0 Å². The van der Waals surface area contributed by atoms with Crippen molar-refractivity contribution in [2.45, 2.75) is 33.1 Å². The van der Waals surface area contributed by atoms with Crippen molar-refractivity contribution >= 4 is 17.5 Å². The molecule has 1 aliphatic rings. The maximum Gasteiger partial charge on any atom is 0.229 e. The van der Waals surface area contributed by atoms with Crippen molar-refractivity contribution in [3.05, 3.63) is 16.5 Å². The van der Waals surface area contributed by atoms with Gasteiger partial charge >= 0.3 is 0 Å². The van der Waals surface area contributed by atoms with Crippen LogP contribution in [0.15, 0.2) is 4.52 Å². The number of carbonyl (C=O) groups excluding carboxylic acids is 1. The van der Waals surface area contributed by atoms with Crippen LogP contribution >= 0.6 is 11.6 Å². The first-order valence-corrected chi connectivity index (χ1v) is 6.91. The van der Waals surface area contributed by atoms with Gasteiger partial charge in [0.1, 0.15) is 0 Å². The zero-order valence-corrected chi connectivity index (χ0v) is 12.2. The SMILES string of the molecule is Cc1noc(Cl)c1CCC(=O)N1CCC(C)(CN)C1. The van der Waals surface area contributed by atoms with Gasteiger partial charge in [0.2, 0.25) is 11.1 Å². The second-order valence-corrected chi connectivity index (χ2v) is 5.94. The van der Waals surface area contributed by atoms with Gasteiger partial charge in [-0.1, -0.05) is 12.1 Å². The van der Waals surface area contributed by atoms with E-state index < -0.39 is 0 Å². The molecule has 5 nitrogen and oxygen atoms in total. The van der Waals surface area contributed by atoms with Crippen LogP contribution in [-0.2, 0) is 11.2 Å². The van der Waals surface area contributed by atoms with Crippen LogP contribution in [0.3, 0.4) is 0 Å². The Kier molecular flexibility index (Phi) is 4.16. The zero-order valence-electron chi connectivity index (χ0n) is 11.4. The highest BCUT2D eigenvalue weighted by atomic mass is 35.5. The van der Waals surface area contributed by atoms with E-state index in [-0.39, 0.29) is 11.3 Å². The normalized spacial score (nSPS) is 23.1. The number of amides is 1. The first kappa shape index (κ1) is 14.3. The molecule has 106 valence electrons. The number of hydrogen-bond donors (Lipinski definition) is 1. The van der Waals surface area contributed by atoms with Crippen molar-refractivity contribution in [1.82, 2.24) is 10.1 Å². The average Bonchev–Trinajstić information content (AvgIpc) is 2.93. The quantitative estimate of drug-likeness (QED) is 0.915. The van der Waals surface area contributed by atoms with Crippen molar-refractivity contribution in [3.8, 4) is 0 Å². The Labute approximate surface area is 118 Å². The molecule has 1 atom stereocenters. The minimum absolute atomic E-state index is 0.0699. The molecule has 1 unspecified atom stereocenters. The standard InChI is InChI=1S/C13H20ClN3O2/c1-9-10(12(14)19-16-9)3-4-11(18)17-6-5-13(2,7-15)8-17/h3-8,15H2,1-2H3. The highest BCUT2D eigenvalue weighted by Crippen LogP contribution is 2.29. The highest BCUT2D eigenvalue weighted by molar-refractivity contribution is 6.29. The molecule has 1 amide bonds. The zero-order chi connectivity index (χ0) is 14.0. The average molecular weight is 286 g/mol. The van der Waals surface area contributed by atoms with Crippen molar-refractivity contribution in [2.75, 3.05) is 19.6 Å². The van der Waals surface area contributed by atoms with Gasteiger partial charge in [-0.15, -0.1) is 0 Å². The van der Waals surface area contributed by atoms with Crippen LogP contribution in [0.1, 0.15) is 31.0 Å². The van der Waals surface area contributed by atoms with E-state index in [9.17, 15) is 4.79 Å². The van der Waals surface area contributed by atoms with Crippen molar-refractivity contribution in [2.24, 2.45) is 11.1 Å². The van der Waals surface area contributed by atoms with Gasteiger partial charge in [-0.25, -0.2) is 0 Å². The third kappa shape index (κ3) is 3.09. The Morgan fingerprint density at radius 2 is 2.37 bits per heavy atom. The van der Waals surface area contributed by atoms with Gasteiger partial charge in [-0.05, 0) is 43.3 Å². The molecule has 0 radical (unpaired) electrons. The summed E-state index contributed by atoms with van der Waals surface area (Å²) in [5, 5.41) is 4.07. The summed E-state index contributed by atoms with van der Waals surface area (Å²) in [4.78, 5) is 14.1. The Hall–Kier alpha value is -1.07. The summed E-state index contributed by atoms with van der Waals surface area (Å²) < 4.78 is 4.88. The number of likely N-dealkylation sites (tertiary alicyclic amines) is 1. The number of carbonyl (C=O) groups is 1. The second kappa shape index (κ2) is 5.51. The fourth-order valence-corrected chi connectivity index (χ4v) is 2.70. The van der Waals surface area contributed by atoms with Gasteiger partial charge in [-0.3, -0.25) is 4.79 Å². The Morgan fingerprint density at radius 1 is 1.63 bits per heavy atom. The van der Waals surface area contributed by atoms with E-state index >= 15 is 0 Å². The molecule has 0 spiro atoms. The van der Waals surface area contributed by atoms with E-state index in [1.165, 1.54) is 0 Å². The topological polar surface area (TPSA) is 72.4 Å². The molecule has 1 saturated heterocycles. The van der Waals surface area contributed by atoms with Crippen LogP contribution in [-0.4, -0.2) is 35.6 Å². The largest absolute Gasteiger partial charge is 0.344 e. The van der Waals surface area contributed by atoms with E-state index in [0.29, 0.717) is 24.6 Å². The molecular formula is C13H20ClN3O2. The number of aromatic nitrogens is 1. The molecular weight excluding hydrogens is 266 g/mol. The highest BCUT2D eigenvalue weighted by Gasteiger charge is 2.34. The molecule has 0 bridgehead atoms. The summed E-state index contributed by atoms with van der Waals surface area (Å²) in [6.45, 7) is 6.12. The van der Waals surface area contributed by atoms with Gasteiger partial charge in [0, 0.05) is 25.1 Å². The van der Waals surface area contributed by atoms with Crippen LogP contribution in [0.5, 0.6) is 0 Å². The van der Waals surface area contributed by atoms with E-state index in [4.69, 9.17) is 21.9 Å². The van der Waals surface area contributed by atoms with Crippen LogP contribution in [0.4, 0.5) is 0 Å². The monoisotopic (exact) mass is 285 g/mol. The van der Waals surface area contributed by atoms with Gasteiger partial charge in [0.05, 0.1) is 5.69 Å². The molecule has 0 saturated carbocycles. The second-order valence-electron chi connectivity index (χ2n) is 5.60. The third-order valence-corrected chi connectivity index (χ3v) is 4.23. The van der Waals surface area contributed by atoms with E-state index in [1.807, 2.05) is 11.8 Å². The molecule has 2 rings (SSSR count). The van der Waals surface area contributed by atoms with E-state index in [1.54, 1.807) is 0 Å². The molecule has 19 heavy (non-hydrogen) atoms. The number of halogens is 1. The van der Waals surface area contributed by atoms with Crippen LogP contribution in [0, 0.1) is 12.3 Å². The molecule has 0 aromatic carbocycles. The lowest BCUT2D eigenvalue weighted by molar-refractivity contribution is -0.130. The Bertz CT molecular complexity index is 455. The lowest BCUT2D eigenvalue weighted by Gasteiger charge is -2.22. The van der Waals surface area contributed by atoms with Crippen LogP contribution in [0.2, 0.25) is 5.22 Å². The summed E-state index contributed by atoms with van der Waals surface area (Å²) in [7, 11) is 0. The van der Waals surface area contributed by atoms with Crippen molar-refractivity contribution < 1.29 is 9.32 Å². The summed E-state index contributed by atoms with van der Waals surface area (Å²) in [6, 6.07) is 0. The summed E-state index contributed by atoms with van der Waals surface area (Å²) in [5.41, 5.74) is 7.40. The van der Waals surface area contributed by atoms with Crippen molar-refractivity contribution in [3.63, 3.8) is 0 Å². The molecule has 1 aliphatic heterocycles. The number of hydrogen-bond acceptors (Lipinski definition) is 4. The van der Waals surface area contributed by atoms with Gasteiger partial charge < -0.3 is 15.2 Å². The lowest BCUT2D eigenvalue weighted by atomic mass is 9.90. The van der Waals surface area contributed by atoms with E-state index in [2.05, 4.69) is 12.1 Å².